The van der Waals surface area contributed by atoms with E-state index in [0.29, 0.717) is 16.9 Å². The fourth-order valence-electron chi connectivity index (χ4n) is 1.45. The lowest BCUT2D eigenvalue weighted by Crippen LogP contribution is -2.05. The van der Waals surface area contributed by atoms with Gasteiger partial charge in [0, 0.05) is 13.2 Å². The number of nitrogens with zero attached hydrogens (tertiary/aromatic N) is 6. The van der Waals surface area contributed by atoms with Crippen molar-refractivity contribution in [2.75, 3.05) is 0 Å². The number of alkyl halides is 3. The van der Waals surface area contributed by atoms with E-state index < -0.39 is 11.2 Å². The van der Waals surface area contributed by atoms with Crippen molar-refractivity contribution in [3.63, 3.8) is 0 Å². The molecule has 0 saturated carbocycles. The number of hydrogen-bond acceptors (Lipinski definition) is 5. The van der Waals surface area contributed by atoms with E-state index >= 15 is 0 Å². The van der Waals surface area contributed by atoms with Crippen LogP contribution in [0.3, 0.4) is 0 Å². The first-order valence-corrected chi connectivity index (χ1v) is 5.55. The van der Waals surface area contributed by atoms with E-state index in [0.717, 1.165) is 4.52 Å². The average molecular weight is 274 g/mol. The molecule has 3 aromatic heterocycles. The minimum atomic E-state index is -4.47. The molecule has 0 radical (unpaired) electrons. The Kier molecular flexibility index (Phi) is 2.17. The third-order valence-electron chi connectivity index (χ3n) is 2.20. The summed E-state index contributed by atoms with van der Waals surface area (Å²) >= 11 is 0.453. The molecule has 0 aliphatic carbocycles. The van der Waals surface area contributed by atoms with Gasteiger partial charge in [0.05, 0.1) is 11.8 Å². The van der Waals surface area contributed by atoms with Crippen LogP contribution in [0.2, 0.25) is 0 Å². The van der Waals surface area contributed by atoms with Crippen molar-refractivity contribution in [3.8, 4) is 11.4 Å². The van der Waals surface area contributed by atoms with E-state index in [-0.39, 0.29) is 10.8 Å². The highest BCUT2D eigenvalue weighted by Crippen LogP contribution is 2.33. The van der Waals surface area contributed by atoms with Gasteiger partial charge in [-0.15, -0.1) is 15.3 Å². The van der Waals surface area contributed by atoms with E-state index in [2.05, 4.69) is 20.4 Å². The third-order valence-corrected chi connectivity index (χ3v) is 3.14. The summed E-state index contributed by atoms with van der Waals surface area (Å²) < 4.78 is 40.1. The molecular weight excluding hydrogens is 269 g/mol. The molecule has 0 aliphatic heterocycles. The second-order valence-electron chi connectivity index (χ2n) is 3.53. The monoisotopic (exact) mass is 274 g/mol. The summed E-state index contributed by atoms with van der Waals surface area (Å²) in [5.41, 5.74) is 0.559. The zero-order valence-corrected chi connectivity index (χ0v) is 9.70. The fraction of sp³-hybridized carbons (Fsp3) is 0.250. The minimum Gasteiger partial charge on any atom is -0.275 e. The van der Waals surface area contributed by atoms with E-state index in [1.54, 1.807) is 13.2 Å². The number of hydrogen-bond donors (Lipinski definition) is 0. The highest BCUT2D eigenvalue weighted by Gasteiger charge is 2.36. The fourth-order valence-corrected chi connectivity index (χ4v) is 2.15. The van der Waals surface area contributed by atoms with Gasteiger partial charge in [0.25, 0.3) is 0 Å². The largest absolute Gasteiger partial charge is 0.445 e. The Hall–Kier alpha value is -1.97. The summed E-state index contributed by atoms with van der Waals surface area (Å²) in [5.74, 6) is 0.241. The molecular formula is C8H5F3N6S. The number of aryl methyl sites for hydroxylation is 1. The lowest BCUT2D eigenvalue weighted by molar-refractivity contribution is -0.138. The maximum atomic E-state index is 12.5. The van der Waals surface area contributed by atoms with Crippen molar-refractivity contribution < 1.29 is 13.2 Å². The van der Waals surface area contributed by atoms with E-state index in [1.165, 1.54) is 10.9 Å². The molecule has 0 amide bonds. The second kappa shape index (κ2) is 3.51. The third kappa shape index (κ3) is 1.65. The Morgan fingerprint density at radius 1 is 1.28 bits per heavy atom. The Morgan fingerprint density at radius 3 is 2.67 bits per heavy atom. The normalized spacial score (nSPS) is 12.4. The van der Waals surface area contributed by atoms with Gasteiger partial charge < -0.3 is 0 Å². The predicted molar refractivity (Wildman–Crippen MR) is 55.9 cm³/mol. The predicted octanol–water partition coefficient (Wildman–Crippen LogP) is 1.61. The topological polar surface area (TPSA) is 60.9 Å². The molecule has 10 heteroatoms. The molecule has 0 fully saturated rings. The minimum absolute atomic E-state index is 0.0983. The van der Waals surface area contributed by atoms with Gasteiger partial charge in [0.2, 0.25) is 9.97 Å². The molecule has 0 aromatic carbocycles. The van der Waals surface area contributed by atoms with Crippen molar-refractivity contribution in [1.82, 2.24) is 29.6 Å². The van der Waals surface area contributed by atoms with Gasteiger partial charge in [0.15, 0.2) is 5.82 Å². The Morgan fingerprint density at radius 2 is 2.06 bits per heavy atom. The summed E-state index contributed by atoms with van der Waals surface area (Å²) in [6.45, 7) is 0. The van der Waals surface area contributed by atoms with Crippen LogP contribution >= 0.6 is 11.3 Å². The summed E-state index contributed by atoms with van der Waals surface area (Å²) in [4.78, 5) is 0.0983. The molecule has 0 aliphatic rings. The molecule has 0 unspecified atom stereocenters. The molecule has 18 heavy (non-hydrogen) atoms. The van der Waals surface area contributed by atoms with E-state index in [4.69, 9.17) is 0 Å². The van der Waals surface area contributed by atoms with Gasteiger partial charge in [-0.05, 0) is 0 Å². The summed E-state index contributed by atoms with van der Waals surface area (Å²) in [5, 5.41) is 13.9. The van der Waals surface area contributed by atoms with Crippen LogP contribution in [0, 0.1) is 0 Å². The van der Waals surface area contributed by atoms with Gasteiger partial charge in [-0.25, -0.2) is 0 Å². The highest BCUT2D eigenvalue weighted by molar-refractivity contribution is 7.16. The lowest BCUT2D eigenvalue weighted by atomic mass is 10.3. The zero-order valence-electron chi connectivity index (χ0n) is 8.88. The van der Waals surface area contributed by atoms with E-state index in [1.807, 2.05) is 0 Å². The molecule has 3 aromatic rings. The molecule has 0 N–H and O–H groups in total. The van der Waals surface area contributed by atoms with Crippen LogP contribution < -0.4 is 0 Å². The van der Waals surface area contributed by atoms with Crippen LogP contribution in [-0.4, -0.2) is 29.6 Å². The number of aromatic nitrogens is 6. The van der Waals surface area contributed by atoms with Crippen LogP contribution in [-0.2, 0) is 13.2 Å². The standard InChI is InChI=1S/C8H5F3N6S/c1-16-3-4(2-12-16)5-13-14-7-17(5)15-6(18-7)8(9,10)11/h2-3H,1H3. The summed E-state index contributed by atoms with van der Waals surface area (Å²) in [6, 6.07) is 0. The van der Waals surface area contributed by atoms with Crippen LogP contribution in [0.1, 0.15) is 5.01 Å². The number of rotatable bonds is 1. The Balaban J connectivity index is 2.17. The smallest absolute Gasteiger partial charge is 0.275 e. The number of halogens is 3. The van der Waals surface area contributed by atoms with Crippen LogP contribution in [0.4, 0.5) is 13.2 Å². The SMILES string of the molecule is Cn1cc(-c2nnc3sc(C(F)(F)F)nn23)cn1. The summed E-state index contributed by atoms with van der Waals surface area (Å²) in [7, 11) is 1.70. The Bertz CT molecular complexity index is 708. The van der Waals surface area contributed by atoms with E-state index in [9.17, 15) is 13.2 Å². The number of fused-ring (bicyclic) bond motifs is 1. The van der Waals surface area contributed by atoms with Crippen molar-refractivity contribution in [2.45, 2.75) is 6.18 Å². The van der Waals surface area contributed by atoms with Crippen molar-refractivity contribution in [2.24, 2.45) is 7.05 Å². The van der Waals surface area contributed by atoms with Crippen LogP contribution in [0.15, 0.2) is 12.4 Å². The lowest BCUT2D eigenvalue weighted by Gasteiger charge is -1.98. The van der Waals surface area contributed by atoms with Gasteiger partial charge in [0.1, 0.15) is 0 Å². The molecule has 0 atom stereocenters. The van der Waals surface area contributed by atoms with Crippen molar-refractivity contribution in [1.29, 1.82) is 0 Å². The quantitative estimate of drug-likeness (QED) is 0.676. The van der Waals surface area contributed by atoms with Crippen LogP contribution in [0.5, 0.6) is 0 Å². The van der Waals surface area contributed by atoms with Gasteiger partial charge in [-0.2, -0.15) is 22.8 Å². The molecule has 0 saturated heterocycles. The first-order valence-electron chi connectivity index (χ1n) is 4.73. The van der Waals surface area contributed by atoms with Crippen molar-refractivity contribution in [3.05, 3.63) is 17.4 Å². The zero-order chi connectivity index (χ0) is 12.9. The van der Waals surface area contributed by atoms with Gasteiger partial charge >= 0.3 is 6.18 Å². The van der Waals surface area contributed by atoms with Gasteiger partial charge in [-0.3, -0.25) is 4.68 Å². The highest BCUT2D eigenvalue weighted by atomic mass is 32.1. The maximum absolute atomic E-state index is 12.5. The molecule has 6 nitrogen and oxygen atoms in total. The van der Waals surface area contributed by atoms with Crippen LogP contribution in [0.25, 0.3) is 16.3 Å². The molecule has 0 bridgehead atoms. The molecule has 3 heterocycles. The summed E-state index contributed by atoms with van der Waals surface area (Å²) in [6.07, 6.45) is -1.36. The average Bonchev–Trinajstić information content (AvgIpc) is 2.89. The first kappa shape index (κ1) is 11.1. The molecule has 3 rings (SSSR count). The van der Waals surface area contributed by atoms with Crippen molar-refractivity contribution >= 4 is 16.3 Å². The Labute approximate surface area is 102 Å². The maximum Gasteiger partial charge on any atom is 0.445 e. The first-order chi connectivity index (χ1) is 8.45. The molecule has 94 valence electrons. The second-order valence-corrected chi connectivity index (χ2v) is 4.48. The molecule has 0 spiro atoms. The van der Waals surface area contributed by atoms with Gasteiger partial charge in [-0.1, -0.05) is 11.3 Å².